The van der Waals surface area contributed by atoms with Crippen LogP contribution in [0.15, 0.2) is 24.7 Å². The molecule has 2 aromatic rings. The minimum Gasteiger partial charge on any atom is -0.374 e. The smallest absolute Gasteiger partial charge is 0.374 e. The Morgan fingerprint density at radius 2 is 2.05 bits per heavy atom. The first kappa shape index (κ1) is 16.0. The van der Waals surface area contributed by atoms with Crippen LogP contribution < -0.4 is 5.32 Å². The van der Waals surface area contributed by atoms with E-state index >= 15 is 0 Å². The summed E-state index contributed by atoms with van der Waals surface area (Å²) in [5.74, 6) is -1.44. The number of hydrogen-bond donors (Lipinski definition) is 2. The van der Waals surface area contributed by atoms with Crippen LogP contribution in [-0.2, 0) is 24.5 Å². The predicted octanol–water partition coefficient (Wildman–Crippen LogP) is 0.932. The summed E-state index contributed by atoms with van der Waals surface area (Å²) in [5, 5.41) is 16.1. The number of nitrogens with one attached hydrogen (secondary N) is 1. The molecule has 0 fully saturated rings. The SMILES string of the molecule is Cn1ccnc1C(O)(CC(=O)Nc1ccnn1C)C(F)(F)F. The molecule has 0 aromatic carbocycles. The van der Waals surface area contributed by atoms with Gasteiger partial charge in [-0.2, -0.15) is 18.3 Å². The van der Waals surface area contributed by atoms with Crippen LogP contribution >= 0.6 is 0 Å². The maximum Gasteiger partial charge on any atom is 0.425 e. The molecule has 0 spiro atoms. The van der Waals surface area contributed by atoms with Crippen molar-refractivity contribution < 1.29 is 23.1 Å². The van der Waals surface area contributed by atoms with E-state index in [0.717, 1.165) is 10.8 Å². The summed E-state index contributed by atoms with van der Waals surface area (Å²) in [6.45, 7) is 0. The van der Waals surface area contributed by atoms with Crippen LogP contribution in [-0.4, -0.2) is 36.5 Å². The number of carbonyl (C=O) groups excluding carboxylic acids is 1. The van der Waals surface area contributed by atoms with Gasteiger partial charge in [0.25, 0.3) is 0 Å². The maximum absolute atomic E-state index is 13.3. The highest BCUT2D eigenvalue weighted by molar-refractivity contribution is 5.90. The molecule has 0 bridgehead atoms. The van der Waals surface area contributed by atoms with Gasteiger partial charge in [-0.15, -0.1) is 0 Å². The number of hydrogen-bond acceptors (Lipinski definition) is 4. The molecule has 22 heavy (non-hydrogen) atoms. The molecule has 1 unspecified atom stereocenters. The van der Waals surface area contributed by atoms with Gasteiger partial charge >= 0.3 is 6.18 Å². The number of nitrogens with zero attached hydrogens (tertiary/aromatic N) is 4. The Morgan fingerprint density at radius 1 is 1.36 bits per heavy atom. The van der Waals surface area contributed by atoms with E-state index in [2.05, 4.69) is 15.4 Å². The van der Waals surface area contributed by atoms with Crippen LogP contribution in [0.2, 0.25) is 0 Å². The molecule has 0 aliphatic rings. The third kappa shape index (κ3) is 2.82. The van der Waals surface area contributed by atoms with Gasteiger partial charge in [0.2, 0.25) is 11.5 Å². The summed E-state index contributed by atoms with van der Waals surface area (Å²) in [5.41, 5.74) is -3.38. The minimum absolute atomic E-state index is 0.217. The van der Waals surface area contributed by atoms with Gasteiger partial charge in [0, 0.05) is 32.6 Å². The van der Waals surface area contributed by atoms with Gasteiger partial charge in [0.05, 0.1) is 12.6 Å². The van der Waals surface area contributed by atoms with E-state index in [1.165, 1.54) is 37.2 Å². The van der Waals surface area contributed by atoms with Crippen molar-refractivity contribution in [2.75, 3.05) is 5.32 Å². The van der Waals surface area contributed by atoms with Gasteiger partial charge in [-0.1, -0.05) is 0 Å². The minimum atomic E-state index is -5.06. The Morgan fingerprint density at radius 3 is 2.50 bits per heavy atom. The molecular weight excluding hydrogens is 303 g/mol. The molecule has 2 heterocycles. The van der Waals surface area contributed by atoms with Crippen molar-refractivity contribution in [3.05, 3.63) is 30.5 Å². The van der Waals surface area contributed by atoms with Gasteiger partial charge in [-0.3, -0.25) is 9.48 Å². The molecular formula is C12H14F3N5O2. The van der Waals surface area contributed by atoms with Gasteiger partial charge < -0.3 is 15.0 Å². The summed E-state index contributed by atoms with van der Waals surface area (Å²) in [4.78, 5) is 15.4. The van der Waals surface area contributed by atoms with Crippen molar-refractivity contribution in [1.82, 2.24) is 19.3 Å². The second kappa shape index (κ2) is 5.44. The third-order valence-corrected chi connectivity index (χ3v) is 3.16. The number of aromatic nitrogens is 4. The average Bonchev–Trinajstić information content (AvgIpc) is 2.97. The summed E-state index contributed by atoms with van der Waals surface area (Å²) in [6.07, 6.45) is -2.52. The lowest BCUT2D eigenvalue weighted by Crippen LogP contribution is -2.47. The fourth-order valence-electron chi connectivity index (χ4n) is 1.99. The zero-order valence-electron chi connectivity index (χ0n) is 11.8. The fourth-order valence-corrected chi connectivity index (χ4v) is 1.99. The Bertz CT molecular complexity index is 678. The van der Waals surface area contributed by atoms with Crippen molar-refractivity contribution in [2.24, 2.45) is 14.1 Å². The first-order valence-corrected chi connectivity index (χ1v) is 6.20. The number of carbonyl (C=O) groups is 1. The van der Waals surface area contributed by atoms with Crippen LogP contribution in [0.25, 0.3) is 0 Å². The molecule has 2 N–H and O–H groups in total. The third-order valence-electron chi connectivity index (χ3n) is 3.16. The van der Waals surface area contributed by atoms with Crippen molar-refractivity contribution in [1.29, 1.82) is 0 Å². The lowest BCUT2D eigenvalue weighted by molar-refractivity contribution is -0.270. The van der Waals surface area contributed by atoms with Crippen LogP contribution in [0.3, 0.4) is 0 Å². The molecule has 120 valence electrons. The Labute approximate surface area is 123 Å². The molecule has 0 saturated heterocycles. The predicted molar refractivity (Wildman–Crippen MR) is 69.6 cm³/mol. The van der Waals surface area contributed by atoms with Gasteiger partial charge in [-0.05, 0) is 0 Å². The number of imidazole rings is 1. The molecule has 1 amide bonds. The largest absolute Gasteiger partial charge is 0.425 e. The van der Waals surface area contributed by atoms with Crippen molar-refractivity contribution in [2.45, 2.75) is 18.2 Å². The van der Waals surface area contributed by atoms with E-state index in [9.17, 15) is 23.1 Å². The van der Waals surface area contributed by atoms with E-state index in [4.69, 9.17) is 0 Å². The molecule has 1 atom stereocenters. The highest BCUT2D eigenvalue weighted by Gasteiger charge is 2.58. The number of rotatable bonds is 4. The molecule has 0 saturated carbocycles. The molecule has 2 aromatic heterocycles. The zero-order valence-corrected chi connectivity index (χ0v) is 11.8. The molecule has 0 radical (unpaired) electrons. The van der Waals surface area contributed by atoms with E-state index in [0.29, 0.717) is 0 Å². The summed E-state index contributed by atoms with van der Waals surface area (Å²) in [6, 6.07) is 1.42. The molecule has 7 nitrogen and oxygen atoms in total. The lowest BCUT2D eigenvalue weighted by Gasteiger charge is -2.29. The summed E-state index contributed by atoms with van der Waals surface area (Å²) >= 11 is 0. The van der Waals surface area contributed by atoms with Crippen molar-refractivity contribution >= 4 is 11.7 Å². The van der Waals surface area contributed by atoms with Crippen molar-refractivity contribution in [3.63, 3.8) is 0 Å². The molecule has 10 heteroatoms. The van der Waals surface area contributed by atoms with E-state index in [-0.39, 0.29) is 5.82 Å². The van der Waals surface area contributed by atoms with Crippen LogP contribution in [0.1, 0.15) is 12.2 Å². The lowest BCUT2D eigenvalue weighted by atomic mass is 9.97. The Hall–Kier alpha value is -2.36. The molecule has 0 aliphatic heterocycles. The average molecular weight is 317 g/mol. The fraction of sp³-hybridized carbons (Fsp3) is 0.417. The van der Waals surface area contributed by atoms with E-state index in [1.54, 1.807) is 0 Å². The normalized spacial score (nSPS) is 14.6. The molecule has 2 rings (SSSR count). The van der Waals surface area contributed by atoms with Gasteiger partial charge in [-0.25, -0.2) is 4.98 Å². The highest BCUT2D eigenvalue weighted by atomic mass is 19.4. The monoisotopic (exact) mass is 317 g/mol. The second-order valence-electron chi connectivity index (χ2n) is 4.78. The van der Waals surface area contributed by atoms with Crippen LogP contribution in [0.5, 0.6) is 0 Å². The highest BCUT2D eigenvalue weighted by Crippen LogP contribution is 2.40. The molecule has 0 aliphatic carbocycles. The number of aryl methyl sites for hydroxylation is 2. The topological polar surface area (TPSA) is 85.0 Å². The van der Waals surface area contributed by atoms with Gasteiger partial charge in [0.15, 0.2) is 5.82 Å². The number of anilines is 1. The van der Waals surface area contributed by atoms with Crippen LogP contribution in [0, 0.1) is 0 Å². The Balaban J connectivity index is 2.27. The van der Waals surface area contributed by atoms with E-state index in [1.807, 2.05) is 0 Å². The number of halogens is 3. The number of amides is 1. The summed E-state index contributed by atoms with van der Waals surface area (Å²) < 4.78 is 42.1. The Kier molecular flexibility index (Phi) is 3.96. The van der Waals surface area contributed by atoms with Crippen molar-refractivity contribution in [3.8, 4) is 0 Å². The maximum atomic E-state index is 13.3. The van der Waals surface area contributed by atoms with Gasteiger partial charge in [0.1, 0.15) is 5.82 Å². The summed E-state index contributed by atoms with van der Waals surface area (Å²) in [7, 11) is 2.82. The van der Waals surface area contributed by atoms with Crippen LogP contribution in [0.4, 0.5) is 19.0 Å². The standard InChI is InChI=1S/C12H14F3N5O2/c1-19-6-5-16-10(19)11(22,12(13,14)15)7-9(21)18-8-3-4-17-20(8)2/h3-6,22H,7H2,1-2H3,(H,18,21). The number of alkyl halides is 3. The first-order chi connectivity index (χ1) is 10.1. The van der Waals surface area contributed by atoms with E-state index < -0.39 is 29.9 Å². The first-order valence-electron chi connectivity index (χ1n) is 6.20. The second-order valence-corrected chi connectivity index (χ2v) is 4.78. The number of aliphatic hydroxyl groups is 1. The zero-order chi connectivity index (χ0) is 16.5. The quantitative estimate of drug-likeness (QED) is 0.878.